The van der Waals surface area contributed by atoms with Gasteiger partial charge in [0.1, 0.15) is 18.1 Å². The van der Waals surface area contributed by atoms with E-state index in [4.69, 9.17) is 24.2 Å². The predicted molar refractivity (Wildman–Crippen MR) is 170 cm³/mol. The van der Waals surface area contributed by atoms with Crippen molar-refractivity contribution in [2.45, 2.75) is 84.2 Å². The van der Waals surface area contributed by atoms with Crippen LogP contribution >= 0.6 is 0 Å². The predicted octanol–water partition coefficient (Wildman–Crippen LogP) is 5.36. The van der Waals surface area contributed by atoms with E-state index in [0.717, 1.165) is 92.5 Å². The summed E-state index contributed by atoms with van der Waals surface area (Å²) in [6.07, 6.45) is 4.06. The van der Waals surface area contributed by atoms with Gasteiger partial charge in [0.2, 0.25) is 5.95 Å². The molecule has 5 rings (SSSR count). The molecule has 1 amide bonds. The third kappa shape index (κ3) is 8.40. The molecular formula is C33H48N6O5. The molecule has 11 heteroatoms. The zero-order valence-electron chi connectivity index (χ0n) is 26.6. The van der Waals surface area contributed by atoms with E-state index in [9.17, 15) is 9.90 Å². The lowest BCUT2D eigenvalue weighted by Crippen LogP contribution is -2.49. The number of para-hydroxylation sites is 2. The maximum Gasteiger partial charge on any atom is 0.407 e. The van der Waals surface area contributed by atoms with Crippen LogP contribution in [0.5, 0.6) is 5.75 Å². The molecule has 2 aliphatic rings. The highest BCUT2D eigenvalue weighted by Gasteiger charge is 2.28. The molecule has 1 atom stereocenters. The van der Waals surface area contributed by atoms with Gasteiger partial charge in [-0.1, -0.05) is 12.1 Å². The van der Waals surface area contributed by atoms with Gasteiger partial charge in [-0.15, -0.1) is 0 Å². The monoisotopic (exact) mass is 608 g/mol. The molecule has 44 heavy (non-hydrogen) atoms. The Balaban J connectivity index is 1.22. The second-order valence-electron chi connectivity index (χ2n) is 12.8. The molecule has 2 aliphatic heterocycles. The van der Waals surface area contributed by atoms with Gasteiger partial charge in [0.25, 0.3) is 0 Å². The van der Waals surface area contributed by atoms with E-state index in [0.29, 0.717) is 26.3 Å². The Kier molecular flexibility index (Phi) is 10.6. The van der Waals surface area contributed by atoms with Crippen molar-refractivity contribution in [3.05, 3.63) is 47.8 Å². The van der Waals surface area contributed by atoms with Gasteiger partial charge in [-0.3, -0.25) is 4.98 Å². The molecular weight excluding hydrogens is 560 g/mol. The van der Waals surface area contributed by atoms with Crippen molar-refractivity contribution in [3.8, 4) is 5.75 Å². The van der Waals surface area contributed by atoms with Crippen LogP contribution in [0.15, 0.2) is 36.4 Å². The number of imidazole rings is 1. The van der Waals surface area contributed by atoms with Crippen LogP contribution in [0.25, 0.3) is 11.0 Å². The maximum atomic E-state index is 11.7. The lowest BCUT2D eigenvalue weighted by Gasteiger charge is -2.37. The number of piperidine rings is 1. The number of aryl methyl sites for hydroxylation is 1. The number of nitrogens with zero attached hydrogens (tertiary/aromatic N) is 5. The maximum absolute atomic E-state index is 11.7. The topological polar surface area (TPSA) is 114 Å². The summed E-state index contributed by atoms with van der Waals surface area (Å²) in [4.78, 5) is 25.5. The highest BCUT2D eigenvalue weighted by atomic mass is 16.7. The number of aromatic nitrogens is 3. The fourth-order valence-corrected chi connectivity index (χ4v) is 5.95. The van der Waals surface area contributed by atoms with Crippen molar-refractivity contribution >= 4 is 23.1 Å². The lowest BCUT2D eigenvalue weighted by molar-refractivity contribution is -0.165. The number of nitrogens with one attached hydrogen (secondary N) is 1. The van der Waals surface area contributed by atoms with E-state index >= 15 is 0 Å². The summed E-state index contributed by atoms with van der Waals surface area (Å²) in [6, 6.07) is 12.4. The van der Waals surface area contributed by atoms with Crippen molar-refractivity contribution in [3.63, 3.8) is 0 Å². The fourth-order valence-electron chi connectivity index (χ4n) is 5.95. The zero-order valence-corrected chi connectivity index (χ0v) is 26.6. The summed E-state index contributed by atoms with van der Waals surface area (Å²) in [6.45, 7) is 13.0. The van der Waals surface area contributed by atoms with Gasteiger partial charge in [-0.2, -0.15) is 0 Å². The van der Waals surface area contributed by atoms with Crippen molar-refractivity contribution in [2.75, 3.05) is 51.3 Å². The molecule has 2 N–H and O–H groups in total. The van der Waals surface area contributed by atoms with E-state index in [1.165, 1.54) is 4.90 Å². The van der Waals surface area contributed by atoms with E-state index in [1.54, 1.807) is 0 Å². The van der Waals surface area contributed by atoms with Crippen LogP contribution in [0.1, 0.15) is 64.3 Å². The number of anilines is 1. The minimum absolute atomic E-state index is 0.135. The molecule has 0 saturated carbocycles. The normalized spacial score (nSPS) is 18.4. The van der Waals surface area contributed by atoms with Gasteiger partial charge in [0.05, 0.1) is 24.2 Å². The first-order chi connectivity index (χ1) is 21.2. The van der Waals surface area contributed by atoms with Crippen LogP contribution < -0.4 is 10.1 Å². The standard InChI is InChI=1S/C33H48N6O5/c1-24-12-13-29(42-21-22-44-30-11-7-8-20-43-30)27(34-24)23-38-28-10-6-5-9-26(28)36-31(38)35-25-14-16-37(17-15-25)18-19-39(32(40)41)33(2,3)4/h5-6,9-10,12-13,25,30H,7-8,11,14-23H2,1-4H3,(H,35,36)(H,40,41). The van der Waals surface area contributed by atoms with Crippen LogP contribution in [0, 0.1) is 6.92 Å². The summed E-state index contributed by atoms with van der Waals surface area (Å²) in [5.41, 5.74) is 3.33. The SMILES string of the molecule is Cc1ccc(OCCOC2CCCCO2)c(Cn2c(NC3CCN(CCN(C(=O)O)C(C)(C)C)CC3)nc3ccccc32)n1. The Bertz CT molecular complexity index is 1370. The molecule has 3 aromatic rings. The molecule has 1 unspecified atom stereocenters. The average Bonchev–Trinajstić information content (AvgIpc) is 3.33. The van der Waals surface area contributed by atoms with Crippen LogP contribution in [0.4, 0.5) is 10.7 Å². The Morgan fingerprint density at radius 3 is 2.61 bits per heavy atom. The van der Waals surface area contributed by atoms with Gasteiger partial charge in [0.15, 0.2) is 6.29 Å². The molecule has 2 aromatic heterocycles. The molecule has 11 nitrogen and oxygen atoms in total. The van der Waals surface area contributed by atoms with Crippen molar-refractivity contribution in [2.24, 2.45) is 0 Å². The third-order valence-electron chi connectivity index (χ3n) is 8.42. The number of carbonyl (C=O) groups is 1. The van der Waals surface area contributed by atoms with E-state index in [1.807, 2.05) is 58.0 Å². The first-order valence-corrected chi connectivity index (χ1v) is 15.9. The Labute approximate surface area is 260 Å². The Hall–Kier alpha value is -3.41. The molecule has 240 valence electrons. The molecule has 2 fully saturated rings. The molecule has 4 heterocycles. The van der Waals surface area contributed by atoms with Crippen LogP contribution in [0.2, 0.25) is 0 Å². The van der Waals surface area contributed by atoms with E-state index in [2.05, 4.69) is 20.9 Å². The summed E-state index contributed by atoms with van der Waals surface area (Å²) < 4.78 is 19.9. The average molecular weight is 609 g/mol. The van der Waals surface area contributed by atoms with Crippen molar-refractivity contribution in [1.82, 2.24) is 24.3 Å². The summed E-state index contributed by atoms with van der Waals surface area (Å²) in [7, 11) is 0. The zero-order chi connectivity index (χ0) is 31.1. The molecule has 1 aromatic carbocycles. The lowest BCUT2D eigenvalue weighted by atomic mass is 10.0. The summed E-state index contributed by atoms with van der Waals surface area (Å²) in [5.74, 6) is 1.56. The highest BCUT2D eigenvalue weighted by molar-refractivity contribution is 5.78. The summed E-state index contributed by atoms with van der Waals surface area (Å²) in [5, 5.41) is 13.4. The van der Waals surface area contributed by atoms with Crippen LogP contribution in [-0.2, 0) is 16.0 Å². The third-order valence-corrected chi connectivity index (χ3v) is 8.42. The second kappa shape index (κ2) is 14.6. The number of hydrogen-bond acceptors (Lipinski definition) is 8. The first-order valence-electron chi connectivity index (χ1n) is 15.9. The fraction of sp³-hybridized carbons (Fsp3) is 0.606. The van der Waals surface area contributed by atoms with E-state index in [-0.39, 0.29) is 12.3 Å². The molecule has 0 bridgehead atoms. The second-order valence-corrected chi connectivity index (χ2v) is 12.8. The highest BCUT2D eigenvalue weighted by Crippen LogP contribution is 2.27. The number of pyridine rings is 1. The van der Waals surface area contributed by atoms with Gasteiger partial charge in [0, 0.05) is 50.1 Å². The van der Waals surface area contributed by atoms with Crippen LogP contribution in [0.3, 0.4) is 0 Å². The number of fused-ring (bicyclic) bond motifs is 1. The van der Waals surface area contributed by atoms with Crippen molar-refractivity contribution in [1.29, 1.82) is 0 Å². The smallest absolute Gasteiger partial charge is 0.407 e. The first kappa shape index (κ1) is 32.0. The number of hydrogen-bond donors (Lipinski definition) is 2. The van der Waals surface area contributed by atoms with Gasteiger partial charge in [-0.25, -0.2) is 9.78 Å². The quantitative estimate of drug-likeness (QED) is 0.262. The van der Waals surface area contributed by atoms with Crippen LogP contribution in [-0.4, -0.2) is 99.4 Å². The minimum atomic E-state index is -0.869. The molecule has 0 radical (unpaired) electrons. The number of ether oxygens (including phenoxy) is 3. The number of amides is 1. The largest absolute Gasteiger partial charge is 0.489 e. The van der Waals surface area contributed by atoms with E-state index < -0.39 is 11.6 Å². The number of likely N-dealkylation sites (tertiary alicyclic amines) is 1. The molecule has 0 spiro atoms. The molecule has 0 aliphatic carbocycles. The Morgan fingerprint density at radius 2 is 1.89 bits per heavy atom. The van der Waals surface area contributed by atoms with Crippen molar-refractivity contribution < 1.29 is 24.1 Å². The van der Waals surface area contributed by atoms with Gasteiger partial charge < -0.3 is 39.0 Å². The number of carboxylic acid groups (broad SMARTS) is 1. The minimum Gasteiger partial charge on any atom is -0.489 e. The number of rotatable bonds is 12. The summed E-state index contributed by atoms with van der Waals surface area (Å²) >= 11 is 0. The van der Waals surface area contributed by atoms with Gasteiger partial charge in [-0.05, 0) is 84.1 Å². The number of benzene rings is 1. The van der Waals surface area contributed by atoms with Gasteiger partial charge >= 0.3 is 6.09 Å². The molecule has 2 saturated heterocycles. The Morgan fingerprint density at radius 1 is 1.09 bits per heavy atom.